The van der Waals surface area contributed by atoms with E-state index < -0.39 is 0 Å². The number of allylic oxidation sites excluding steroid dienone is 5. The molecule has 0 aliphatic rings. The molecular weight excluding hydrogens is 376 g/mol. The van der Waals surface area contributed by atoms with Gasteiger partial charge in [0.05, 0.1) is 5.03 Å². The van der Waals surface area contributed by atoms with Crippen LogP contribution in [0.15, 0.2) is 69.8 Å². The average molecular weight is 409 g/mol. The molecule has 0 radical (unpaired) electrons. The SMILES string of the molecule is C=C/C=C(\C=C/C)Cn1c(C)c(CN=O)c(C(C)C)c1Sc1cc(C)ccc1C. The molecule has 0 N–H and O–H groups in total. The molecule has 0 unspecified atom stereocenters. The molecule has 1 heterocycles. The highest BCUT2D eigenvalue weighted by molar-refractivity contribution is 7.99. The highest BCUT2D eigenvalue weighted by Crippen LogP contribution is 2.41. The van der Waals surface area contributed by atoms with Gasteiger partial charge in [0.2, 0.25) is 0 Å². The van der Waals surface area contributed by atoms with E-state index >= 15 is 0 Å². The van der Waals surface area contributed by atoms with E-state index in [2.05, 4.69) is 75.2 Å². The molecular formula is C25H32N2OS. The Hall–Kier alpha value is -2.33. The third-order valence-electron chi connectivity index (χ3n) is 5.05. The van der Waals surface area contributed by atoms with Gasteiger partial charge in [0.15, 0.2) is 0 Å². The van der Waals surface area contributed by atoms with Crippen LogP contribution in [0.5, 0.6) is 0 Å². The van der Waals surface area contributed by atoms with Gasteiger partial charge in [0.25, 0.3) is 0 Å². The Labute approximate surface area is 179 Å². The maximum atomic E-state index is 11.2. The fraction of sp³-hybridized carbons (Fsp3) is 0.360. The van der Waals surface area contributed by atoms with E-state index in [9.17, 15) is 4.91 Å². The van der Waals surface area contributed by atoms with Crippen LogP contribution >= 0.6 is 11.8 Å². The smallest absolute Gasteiger partial charge is 0.108 e. The zero-order chi connectivity index (χ0) is 21.6. The van der Waals surface area contributed by atoms with Crippen molar-refractivity contribution in [2.24, 2.45) is 5.18 Å². The first-order chi connectivity index (χ1) is 13.8. The Bertz CT molecular complexity index is 948. The van der Waals surface area contributed by atoms with Crippen LogP contribution < -0.4 is 0 Å². The van der Waals surface area contributed by atoms with Crippen molar-refractivity contribution in [2.75, 3.05) is 0 Å². The summed E-state index contributed by atoms with van der Waals surface area (Å²) in [4.78, 5) is 12.5. The Morgan fingerprint density at radius 1 is 1.28 bits per heavy atom. The first-order valence-electron chi connectivity index (χ1n) is 10.0. The van der Waals surface area contributed by atoms with Crippen LogP contribution in [0.3, 0.4) is 0 Å². The topological polar surface area (TPSA) is 34.4 Å². The lowest BCUT2D eigenvalue weighted by molar-refractivity contribution is 0.689. The van der Waals surface area contributed by atoms with Crippen LogP contribution in [0.2, 0.25) is 0 Å². The second kappa shape index (κ2) is 10.4. The maximum Gasteiger partial charge on any atom is 0.108 e. The standard InChI is InChI=1S/C25H32N2OS/c1-8-10-21(11-9-2)16-27-20(7)22(15-26-28)24(17(3)4)25(27)29-23-14-18(5)12-13-19(23)6/h8-14,17H,1,15-16H2,2-7H3/b11-9-,21-10+. The summed E-state index contributed by atoms with van der Waals surface area (Å²) in [6.07, 6.45) is 8.02. The highest BCUT2D eigenvalue weighted by atomic mass is 32.2. The molecule has 0 saturated carbocycles. The molecule has 0 spiro atoms. The largest absolute Gasteiger partial charge is 0.335 e. The van der Waals surface area contributed by atoms with Gasteiger partial charge in [-0.05, 0) is 61.9 Å². The van der Waals surface area contributed by atoms with Gasteiger partial charge in [-0.3, -0.25) is 0 Å². The highest BCUT2D eigenvalue weighted by Gasteiger charge is 2.24. The third kappa shape index (κ3) is 5.39. The monoisotopic (exact) mass is 408 g/mol. The number of nitrogens with zero attached hydrogens (tertiary/aromatic N) is 2. The molecule has 1 aromatic heterocycles. The third-order valence-corrected chi connectivity index (χ3v) is 6.34. The van der Waals surface area contributed by atoms with Gasteiger partial charge < -0.3 is 4.57 Å². The van der Waals surface area contributed by atoms with Crippen molar-refractivity contribution < 1.29 is 0 Å². The lowest BCUT2D eigenvalue weighted by Gasteiger charge is -2.16. The maximum absolute atomic E-state index is 11.2. The molecule has 154 valence electrons. The van der Waals surface area contributed by atoms with E-state index in [1.165, 1.54) is 32.2 Å². The van der Waals surface area contributed by atoms with Crippen molar-refractivity contribution >= 4 is 11.8 Å². The molecule has 0 aliphatic heterocycles. The Morgan fingerprint density at radius 3 is 2.59 bits per heavy atom. The zero-order valence-corrected chi connectivity index (χ0v) is 19.3. The number of aromatic nitrogens is 1. The lowest BCUT2D eigenvalue weighted by Crippen LogP contribution is -2.05. The van der Waals surface area contributed by atoms with E-state index in [-0.39, 0.29) is 6.54 Å². The second-order valence-corrected chi connectivity index (χ2v) is 8.69. The Morgan fingerprint density at radius 2 is 2.00 bits per heavy atom. The number of hydrogen-bond donors (Lipinski definition) is 0. The van der Waals surface area contributed by atoms with Crippen LogP contribution in [0, 0.1) is 25.7 Å². The summed E-state index contributed by atoms with van der Waals surface area (Å²) in [7, 11) is 0. The van der Waals surface area contributed by atoms with Crippen LogP contribution in [-0.4, -0.2) is 4.57 Å². The molecule has 0 amide bonds. The van der Waals surface area contributed by atoms with Gasteiger partial charge in [-0.1, -0.05) is 73.8 Å². The molecule has 4 heteroatoms. The van der Waals surface area contributed by atoms with Gasteiger partial charge in [-0.2, -0.15) is 4.91 Å². The number of benzene rings is 1. The van der Waals surface area contributed by atoms with Gasteiger partial charge in [0.1, 0.15) is 6.54 Å². The van der Waals surface area contributed by atoms with Crippen LogP contribution in [0.1, 0.15) is 54.6 Å². The first kappa shape index (κ1) is 23.0. The van der Waals surface area contributed by atoms with Crippen molar-refractivity contribution in [3.05, 3.63) is 87.5 Å². The van der Waals surface area contributed by atoms with E-state index in [0.717, 1.165) is 17.8 Å². The van der Waals surface area contributed by atoms with Gasteiger partial charge in [-0.15, -0.1) is 0 Å². The Kier molecular flexibility index (Phi) is 8.27. The van der Waals surface area contributed by atoms with Crippen LogP contribution in [0.25, 0.3) is 0 Å². The molecule has 0 aliphatic carbocycles. The Balaban J connectivity index is 2.71. The predicted molar refractivity (Wildman–Crippen MR) is 126 cm³/mol. The average Bonchev–Trinajstić information content (AvgIpc) is 2.91. The van der Waals surface area contributed by atoms with Crippen molar-refractivity contribution in [1.29, 1.82) is 0 Å². The molecule has 1 aromatic carbocycles. The summed E-state index contributed by atoms with van der Waals surface area (Å²) in [6.45, 7) is 17.6. The molecule has 2 rings (SSSR count). The normalized spacial score (nSPS) is 12.2. The van der Waals surface area contributed by atoms with Crippen molar-refractivity contribution in [2.45, 2.75) is 70.5 Å². The minimum Gasteiger partial charge on any atom is -0.335 e. The van der Waals surface area contributed by atoms with Gasteiger partial charge >= 0.3 is 0 Å². The summed E-state index contributed by atoms with van der Waals surface area (Å²) in [5.74, 6) is 0.299. The number of nitroso groups, excluding NO2 is 1. The summed E-state index contributed by atoms with van der Waals surface area (Å²) in [6, 6.07) is 6.55. The predicted octanol–water partition coefficient (Wildman–Crippen LogP) is 7.64. The van der Waals surface area contributed by atoms with E-state index in [1.54, 1.807) is 11.8 Å². The number of rotatable bonds is 9. The molecule has 0 bridgehead atoms. The fourth-order valence-electron chi connectivity index (χ4n) is 3.58. The molecule has 0 atom stereocenters. The van der Waals surface area contributed by atoms with E-state index in [0.29, 0.717) is 5.92 Å². The number of hydrogen-bond acceptors (Lipinski definition) is 3. The van der Waals surface area contributed by atoms with Crippen molar-refractivity contribution in [1.82, 2.24) is 4.57 Å². The van der Waals surface area contributed by atoms with Crippen LogP contribution in [0.4, 0.5) is 0 Å². The molecule has 29 heavy (non-hydrogen) atoms. The van der Waals surface area contributed by atoms with Crippen molar-refractivity contribution in [3.8, 4) is 0 Å². The first-order valence-corrected chi connectivity index (χ1v) is 10.9. The molecule has 3 nitrogen and oxygen atoms in total. The minimum atomic E-state index is 0.205. The lowest BCUT2D eigenvalue weighted by atomic mass is 10.0. The molecule has 0 fully saturated rings. The summed E-state index contributed by atoms with van der Waals surface area (Å²) >= 11 is 1.79. The van der Waals surface area contributed by atoms with Crippen molar-refractivity contribution in [3.63, 3.8) is 0 Å². The van der Waals surface area contributed by atoms with E-state index in [1.807, 2.05) is 25.2 Å². The summed E-state index contributed by atoms with van der Waals surface area (Å²) < 4.78 is 2.33. The second-order valence-electron chi connectivity index (χ2n) is 7.66. The van der Waals surface area contributed by atoms with Crippen LogP contribution in [-0.2, 0) is 13.1 Å². The zero-order valence-electron chi connectivity index (χ0n) is 18.5. The fourth-order valence-corrected chi connectivity index (χ4v) is 5.04. The molecule has 0 saturated heterocycles. The molecule has 2 aromatic rings. The van der Waals surface area contributed by atoms with Gasteiger partial charge in [0, 0.05) is 22.7 Å². The van der Waals surface area contributed by atoms with Gasteiger partial charge in [-0.25, -0.2) is 0 Å². The quantitative estimate of drug-likeness (QED) is 0.315. The van der Waals surface area contributed by atoms with E-state index in [4.69, 9.17) is 0 Å². The minimum absolute atomic E-state index is 0.205. The summed E-state index contributed by atoms with van der Waals surface area (Å²) in [5.41, 5.74) is 7.07. The number of aryl methyl sites for hydroxylation is 2. The summed E-state index contributed by atoms with van der Waals surface area (Å²) in [5, 5.41) is 4.44.